The molecule has 0 aliphatic carbocycles. The molecule has 3 aliphatic heterocycles. The summed E-state index contributed by atoms with van der Waals surface area (Å²) in [5, 5.41) is 10.3. The van der Waals surface area contributed by atoms with Crippen LogP contribution >= 0.6 is 0 Å². The summed E-state index contributed by atoms with van der Waals surface area (Å²) < 4.78 is 0. The SMILES string of the molecule is CC1=CC2=NC(C)=C(C)C3=C(C)C(C)=C(O)C(=N1)N23. The van der Waals surface area contributed by atoms with Crippen molar-refractivity contribution >= 4 is 11.7 Å². The Hall–Kier alpha value is -2.10. The van der Waals surface area contributed by atoms with Gasteiger partial charge in [0.25, 0.3) is 0 Å². The van der Waals surface area contributed by atoms with Crippen molar-refractivity contribution in [3.8, 4) is 0 Å². The van der Waals surface area contributed by atoms with Crippen LogP contribution in [0.1, 0.15) is 34.6 Å². The third-order valence-corrected chi connectivity index (χ3v) is 3.95. The molecule has 0 spiro atoms. The Bertz CT molecular complexity index is 684. The molecular formula is C15H17N3O. The Morgan fingerprint density at radius 2 is 1.63 bits per heavy atom. The molecule has 0 amide bonds. The molecule has 4 heteroatoms. The van der Waals surface area contributed by atoms with Crippen LogP contribution in [0.4, 0.5) is 0 Å². The summed E-state index contributed by atoms with van der Waals surface area (Å²) in [5.41, 5.74) is 6.06. The standard InChI is InChI=1S/C15H17N3O/c1-7-6-12-17-11(5)10(4)13-8(2)9(3)14(19)15(16-7)18(12)13/h6,19H,1-5H3. The van der Waals surface area contributed by atoms with Gasteiger partial charge in [-0.2, -0.15) is 0 Å². The average molecular weight is 255 g/mol. The van der Waals surface area contributed by atoms with E-state index in [4.69, 9.17) is 0 Å². The van der Waals surface area contributed by atoms with E-state index in [9.17, 15) is 5.11 Å². The van der Waals surface area contributed by atoms with Gasteiger partial charge < -0.3 is 5.11 Å². The molecule has 0 bridgehead atoms. The number of hydrogen-bond donors (Lipinski definition) is 1. The minimum Gasteiger partial charge on any atom is -0.504 e. The van der Waals surface area contributed by atoms with Gasteiger partial charge in [0.15, 0.2) is 11.6 Å². The fraction of sp³-hybridized carbons (Fsp3) is 0.333. The number of nitrogens with zero attached hydrogens (tertiary/aromatic N) is 3. The molecule has 4 nitrogen and oxygen atoms in total. The van der Waals surface area contributed by atoms with Crippen molar-refractivity contribution in [2.24, 2.45) is 9.98 Å². The second-order valence-electron chi connectivity index (χ2n) is 5.18. The smallest absolute Gasteiger partial charge is 0.182 e. The van der Waals surface area contributed by atoms with Crippen LogP contribution in [0.5, 0.6) is 0 Å². The van der Waals surface area contributed by atoms with Crippen LogP contribution in [0.3, 0.4) is 0 Å². The second-order valence-corrected chi connectivity index (χ2v) is 5.18. The first-order valence-electron chi connectivity index (χ1n) is 6.37. The minimum atomic E-state index is 0.244. The van der Waals surface area contributed by atoms with E-state index in [0.29, 0.717) is 5.84 Å². The topological polar surface area (TPSA) is 48.2 Å². The molecule has 3 aliphatic rings. The lowest BCUT2D eigenvalue weighted by molar-refractivity contribution is 0.421. The maximum atomic E-state index is 10.3. The number of allylic oxidation sites excluding steroid dienone is 5. The maximum absolute atomic E-state index is 10.3. The molecule has 0 saturated heterocycles. The highest BCUT2D eigenvalue weighted by molar-refractivity contribution is 6.17. The Morgan fingerprint density at radius 1 is 0.947 bits per heavy atom. The lowest BCUT2D eigenvalue weighted by atomic mass is 9.93. The lowest BCUT2D eigenvalue weighted by Gasteiger charge is -2.38. The van der Waals surface area contributed by atoms with Crippen LogP contribution in [-0.2, 0) is 0 Å². The van der Waals surface area contributed by atoms with Crippen molar-refractivity contribution in [2.75, 3.05) is 0 Å². The number of rotatable bonds is 0. The van der Waals surface area contributed by atoms with E-state index < -0.39 is 0 Å². The first-order valence-corrected chi connectivity index (χ1v) is 6.37. The zero-order chi connectivity index (χ0) is 13.9. The van der Waals surface area contributed by atoms with E-state index in [2.05, 4.69) is 16.9 Å². The predicted octanol–water partition coefficient (Wildman–Crippen LogP) is 3.43. The van der Waals surface area contributed by atoms with E-state index in [1.54, 1.807) is 0 Å². The van der Waals surface area contributed by atoms with Gasteiger partial charge in [0, 0.05) is 17.5 Å². The maximum Gasteiger partial charge on any atom is 0.182 e. The van der Waals surface area contributed by atoms with Gasteiger partial charge in [-0.25, -0.2) is 9.98 Å². The van der Waals surface area contributed by atoms with Gasteiger partial charge in [-0.3, -0.25) is 4.90 Å². The number of aliphatic hydroxyl groups excluding tert-OH is 1. The first kappa shape index (κ1) is 12.0. The highest BCUT2D eigenvalue weighted by Crippen LogP contribution is 2.38. The van der Waals surface area contributed by atoms with Gasteiger partial charge in [0.05, 0.1) is 5.70 Å². The van der Waals surface area contributed by atoms with Gasteiger partial charge in [0.1, 0.15) is 5.84 Å². The zero-order valence-electron chi connectivity index (χ0n) is 11.9. The molecule has 19 heavy (non-hydrogen) atoms. The fourth-order valence-corrected chi connectivity index (χ4v) is 2.64. The molecule has 0 aromatic rings. The van der Waals surface area contributed by atoms with Gasteiger partial charge in [-0.15, -0.1) is 0 Å². The van der Waals surface area contributed by atoms with Crippen molar-refractivity contribution in [3.05, 3.63) is 45.6 Å². The van der Waals surface area contributed by atoms with Crippen LogP contribution < -0.4 is 0 Å². The summed E-state index contributed by atoms with van der Waals surface area (Å²) in [6.45, 7) is 9.96. The molecule has 0 atom stereocenters. The van der Waals surface area contributed by atoms with Crippen molar-refractivity contribution in [3.63, 3.8) is 0 Å². The van der Waals surface area contributed by atoms with E-state index >= 15 is 0 Å². The zero-order valence-corrected chi connectivity index (χ0v) is 11.9. The van der Waals surface area contributed by atoms with Crippen molar-refractivity contribution in [1.82, 2.24) is 4.90 Å². The number of amidine groups is 2. The highest BCUT2D eigenvalue weighted by atomic mass is 16.3. The Morgan fingerprint density at radius 3 is 2.32 bits per heavy atom. The summed E-state index contributed by atoms with van der Waals surface area (Å²) in [6.07, 6.45) is 1.95. The fourth-order valence-electron chi connectivity index (χ4n) is 2.64. The van der Waals surface area contributed by atoms with Gasteiger partial charge in [-0.05, 0) is 51.3 Å². The molecule has 0 aromatic carbocycles. The molecule has 0 unspecified atom stereocenters. The van der Waals surface area contributed by atoms with Crippen molar-refractivity contribution in [1.29, 1.82) is 0 Å². The largest absolute Gasteiger partial charge is 0.504 e. The number of hydrogen-bond acceptors (Lipinski definition) is 4. The summed E-state index contributed by atoms with van der Waals surface area (Å²) in [5.74, 6) is 1.66. The Balaban J connectivity index is 2.39. The Labute approximate surface area is 112 Å². The number of aliphatic hydroxyl groups is 1. The molecule has 98 valence electrons. The average Bonchev–Trinajstić information content (AvgIpc) is 2.36. The van der Waals surface area contributed by atoms with Crippen LogP contribution in [0.2, 0.25) is 0 Å². The summed E-state index contributed by atoms with van der Waals surface area (Å²) >= 11 is 0. The molecule has 1 N–H and O–H groups in total. The summed E-state index contributed by atoms with van der Waals surface area (Å²) in [4.78, 5) is 11.0. The molecule has 3 rings (SSSR count). The molecule has 0 fully saturated rings. The van der Waals surface area contributed by atoms with Gasteiger partial charge in [-0.1, -0.05) is 0 Å². The van der Waals surface area contributed by atoms with E-state index in [1.165, 1.54) is 0 Å². The van der Waals surface area contributed by atoms with Crippen molar-refractivity contribution < 1.29 is 5.11 Å². The monoisotopic (exact) mass is 255 g/mol. The van der Waals surface area contributed by atoms with E-state index in [-0.39, 0.29) is 5.76 Å². The van der Waals surface area contributed by atoms with E-state index in [0.717, 1.165) is 39.6 Å². The second kappa shape index (κ2) is 3.70. The minimum absolute atomic E-state index is 0.244. The van der Waals surface area contributed by atoms with Crippen molar-refractivity contribution in [2.45, 2.75) is 34.6 Å². The molecular weight excluding hydrogens is 238 g/mol. The van der Waals surface area contributed by atoms with Crippen LogP contribution in [-0.4, -0.2) is 21.7 Å². The summed E-state index contributed by atoms with van der Waals surface area (Å²) in [7, 11) is 0. The first-order chi connectivity index (χ1) is 8.91. The van der Waals surface area contributed by atoms with Crippen LogP contribution in [0.15, 0.2) is 55.6 Å². The molecule has 3 heterocycles. The molecule has 0 aromatic heterocycles. The molecule has 0 radical (unpaired) electrons. The lowest BCUT2D eigenvalue weighted by Crippen LogP contribution is -2.43. The third kappa shape index (κ3) is 1.46. The van der Waals surface area contributed by atoms with Crippen LogP contribution in [0, 0.1) is 0 Å². The Kier molecular flexibility index (Phi) is 2.33. The highest BCUT2D eigenvalue weighted by Gasteiger charge is 2.36. The van der Waals surface area contributed by atoms with Crippen LogP contribution in [0.25, 0.3) is 0 Å². The number of aliphatic imine (C=N–C) groups is 2. The van der Waals surface area contributed by atoms with Gasteiger partial charge >= 0.3 is 0 Å². The quantitative estimate of drug-likeness (QED) is 0.721. The van der Waals surface area contributed by atoms with E-state index in [1.807, 2.05) is 38.7 Å². The third-order valence-electron chi connectivity index (χ3n) is 3.95. The van der Waals surface area contributed by atoms with Gasteiger partial charge in [0.2, 0.25) is 0 Å². The molecule has 0 saturated carbocycles. The summed E-state index contributed by atoms with van der Waals surface area (Å²) in [6, 6.07) is 0. The normalized spacial score (nSPS) is 22.4. The predicted molar refractivity (Wildman–Crippen MR) is 76.9 cm³/mol.